The Hall–Kier alpha value is -3.05. The molecule has 0 radical (unpaired) electrons. The van der Waals surface area contributed by atoms with Crippen LogP contribution < -0.4 is 10.9 Å². The van der Waals surface area contributed by atoms with E-state index in [1.165, 1.54) is 0 Å². The molecule has 0 spiro atoms. The van der Waals surface area contributed by atoms with Crippen LogP contribution in [0.4, 0.5) is 0 Å². The summed E-state index contributed by atoms with van der Waals surface area (Å²) in [6.07, 6.45) is -0.0425. The summed E-state index contributed by atoms with van der Waals surface area (Å²) in [5.41, 5.74) is 3.73. The lowest BCUT2D eigenvalue weighted by Gasteiger charge is -2.09. The van der Waals surface area contributed by atoms with Gasteiger partial charge < -0.3 is 14.2 Å². The first-order valence-electron chi connectivity index (χ1n) is 9.30. The first-order chi connectivity index (χ1) is 13.8. The Balaban J connectivity index is 1.63. The predicted octanol–water partition coefficient (Wildman–Crippen LogP) is 4.98. The molecule has 2 heterocycles. The largest absolute Gasteiger partial charge is 0.461 e. The van der Waals surface area contributed by atoms with Crippen molar-refractivity contribution in [2.45, 2.75) is 33.7 Å². The Labute approximate surface area is 172 Å². The average molecular weight is 410 g/mol. The highest BCUT2D eigenvalue weighted by Crippen LogP contribution is 2.31. The van der Waals surface area contributed by atoms with E-state index < -0.39 is 5.63 Å². The lowest BCUT2D eigenvalue weighted by molar-refractivity contribution is -0.120. The summed E-state index contributed by atoms with van der Waals surface area (Å²) in [4.78, 5) is 24.9. The van der Waals surface area contributed by atoms with Crippen LogP contribution in [0.25, 0.3) is 21.9 Å². The number of furan rings is 1. The number of benzene rings is 2. The smallest absolute Gasteiger partial charge is 0.340 e. The predicted molar refractivity (Wildman–Crippen MR) is 113 cm³/mol. The third-order valence-corrected chi connectivity index (χ3v) is 5.57. The second-order valence-corrected chi connectivity index (χ2v) is 7.64. The van der Waals surface area contributed by atoms with Gasteiger partial charge in [0, 0.05) is 28.4 Å². The van der Waals surface area contributed by atoms with E-state index in [0.717, 1.165) is 33.2 Å². The average Bonchev–Trinajstić information content (AvgIpc) is 2.96. The number of rotatable bonds is 4. The van der Waals surface area contributed by atoms with Crippen molar-refractivity contribution in [1.29, 1.82) is 0 Å². The van der Waals surface area contributed by atoms with Gasteiger partial charge in [0.15, 0.2) is 0 Å². The minimum atomic E-state index is -0.504. The van der Waals surface area contributed by atoms with E-state index in [4.69, 9.17) is 20.4 Å². The summed E-state index contributed by atoms with van der Waals surface area (Å²) in [6, 6.07) is 10.9. The van der Waals surface area contributed by atoms with Gasteiger partial charge in [-0.2, -0.15) is 0 Å². The molecule has 2 aromatic heterocycles. The lowest BCUT2D eigenvalue weighted by atomic mass is 10.0. The molecule has 6 heteroatoms. The first-order valence-corrected chi connectivity index (χ1v) is 9.68. The lowest BCUT2D eigenvalue weighted by Crippen LogP contribution is -2.27. The summed E-state index contributed by atoms with van der Waals surface area (Å²) in [6.45, 7) is 6.10. The number of nitrogens with one attached hydrogen (secondary N) is 1. The van der Waals surface area contributed by atoms with Crippen molar-refractivity contribution in [3.8, 4) is 0 Å². The highest BCUT2D eigenvalue weighted by molar-refractivity contribution is 6.30. The van der Waals surface area contributed by atoms with Crippen molar-refractivity contribution in [2.24, 2.45) is 0 Å². The van der Waals surface area contributed by atoms with Gasteiger partial charge in [-0.1, -0.05) is 23.7 Å². The molecule has 5 nitrogen and oxygen atoms in total. The van der Waals surface area contributed by atoms with Crippen molar-refractivity contribution in [1.82, 2.24) is 5.32 Å². The summed E-state index contributed by atoms with van der Waals surface area (Å²) in [7, 11) is 0. The molecule has 0 unspecified atom stereocenters. The van der Waals surface area contributed by atoms with Gasteiger partial charge in [0.1, 0.15) is 16.9 Å². The van der Waals surface area contributed by atoms with Gasteiger partial charge in [0.25, 0.3) is 0 Å². The second kappa shape index (κ2) is 7.41. The van der Waals surface area contributed by atoms with E-state index in [0.29, 0.717) is 28.3 Å². The number of carbonyl (C=O) groups excluding carboxylic acids is 1. The number of amides is 1. The third-order valence-electron chi connectivity index (χ3n) is 5.32. The zero-order valence-corrected chi connectivity index (χ0v) is 17.1. The summed E-state index contributed by atoms with van der Waals surface area (Å²) >= 11 is 5.87. The van der Waals surface area contributed by atoms with Crippen LogP contribution in [0, 0.1) is 20.8 Å². The molecule has 148 valence electrons. The van der Waals surface area contributed by atoms with E-state index in [1.807, 2.05) is 39.0 Å². The van der Waals surface area contributed by atoms with Gasteiger partial charge in [0.2, 0.25) is 5.91 Å². The topological polar surface area (TPSA) is 72.5 Å². The Morgan fingerprint density at radius 3 is 2.34 bits per heavy atom. The van der Waals surface area contributed by atoms with Gasteiger partial charge in [-0.3, -0.25) is 4.79 Å². The number of hydrogen-bond donors (Lipinski definition) is 1. The van der Waals surface area contributed by atoms with Crippen molar-refractivity contribution in [3.05, 3.63) is 79.9 Å². The molecule has 0 aliphatic heterocycles. The van der Waals surface area contributed by atoms with Crippen LogP contribution >= 0.6 is 11.6 Å². The maximum absolute atomic E-state index is 12.5. The minimum Gasteiger partial charge on any atom is -0.461 e. The van der Waals surface area contributed by atoms with E-state index in [9.17, 15) is 9.59 Å². The van der Waals surface area contributed by atoms with Crippen LogP contribution in [0.5, 0.6) is 0 Å². The van der Waals surface area contributed by atoms with E-state index in [2.05, 4.69) is 5.32 Å². The molecule has 4 aromatic rings. The van der Waals surface area contributed by atoms with Crippen LogP contribution in [-0.2, 0) is 17.8 Å². The SMILES string of the molecule is Cc1oc2cc3oc(=O)c(CC(=O)NCc4ccc(Cl)cc4)c(C)c3cc2c1C. The monoisotopic (exact) mass is 409 g/mol. The Kier molecular flexibility index (Phi) is 4.92. The minimum absolute atomic E-state index is 0.0425. The fourth-order valence-corrected chi connectivity index (χ4v) is 3.58. The molecule has 0 bridgehead atoms. The highest BCUT2D eigenvalue weighted by Gasteiger charge is 2.17. The van der Waals surface area contributed by atoms with E-state index in [1.54, 1.807) is 18.2 Å². The molecule has 0 saturated carbocycles. The molecule has 0 saturated heterocycles. The molecule has 4 rings (SSSR count). The number of fused-ring (bicyclic) bond motifs is 2. The fourth-order valence-electron chi connectivity index (χ4n) is 3.46. The highest BCUT2D eigenvalue weighted by atomic mass is 35.5. The molecule has 0 aliphatic carbocycles. The standard InChI is InChI=1S/C23H20ClNO4/c1-12-14(3)28-20-10-21-18(8-17(12)20)13(2)19(23(27)29-21)9-22(26)25-11-15-4-6-16(24)7-5-15/h4-8,10H,9,11H2,1-3H3,(H,25,26). The molecule has 0 aliphatic rings. The van der Waals surface area contributed by atoms with Crippen LogP contribution in [-0.4, -0.2) is 5.91 Å². The molecular weight excluding hydrogens is 390 g/mol. The Morgan fingerprint density at radius 1 is 0.966 bits per heavy atom. The molecule has 0 fully saturated rings. The number of aryl methyl sites for hydroxylation is 3. The van der Waals surface area contributed by atoms with Gasteiger partial charge in [-0.05, 0) is 55.7 Å². The Bertz CT molecular complexity index is 1300. The van der Waals surface area contributed by atoms with Crippen molar-refractivity contribution in [2.75, 3.05) is 0 Å². The molecule has 1 amide bonds. The van der Waals surface area contributed by atoms with Gasteiger partial charge in [-0.25, -0.2) is 4.79 Å². The van der Waals surface area contributed by atoms with Crippen LogP contribution in [0.3, 0.4) is 0 Å². The normalized spacial score (nSPS) is 11.3. The van der Waals surface area contributed by atoms with Crippen molar-refractivity contribution in [3.63, 3.8) is 0 Å². The number of carbonyl (C=O) groups is 1. The first kappa shape index (κ1) is 19.3. The molecule has 0 atom stereocenters. The number of halogens is 1. The fraction of sp³-hybridized carbons (Fsp3) is 0.217. The van der Waals surface area contributed by atoms with E-state index in [-0.39, 0.29) is 12.3 Å². The summed E-state index contributed by atoms with van der Waals surface area (Å²) in [5.74, 6) is 0.586. The van der Waals surface area contributed by atoms with Gasteiger partial charge in [0.05, 0.1) is 12.0 Å². The number of hydrogen-bond acceptors (Lipinski definition) is 4. The zero-order chi connectivity index (χ0) is 20.7. The zero-order valence-electron chi connectivity index (χ0n) is 16.4. The maximum Gasteiger partial charge on any atom is 0.340 e. The van der Waals surface area contributed by atoms with Crippen LogP contribution in [0.15, 0.2) is 50.0 Å². The molecule has 1 N–H and O–H groups in total. The maximum atomic E-state index is 12.5. The Morgan fingerprint density at radius 2 is 1.62 bits per heavy atom. The van der Waals surface area contributed by atoms with Gasteiger partial charge >= 0.3 is 5.63 Å². The third kappa shape index (κ3) is 3.66. The van der Waals surface area contributed by atoms with E-state index >= 15 is 0 Å². The van der Waals surface area contributed by atoms with Crippen LogP contribution in [0.1, 0.15) is 28.0 Å². The summed E-state index contributed by atoms with van der Waals surface area (Å²) in [5, 5.41) is 5.26. The molecular formula is C23H20ClNO4. The molecule has 2 aromatic carbocycles. The molecule has 29 heavy (non-hydrogen) atoms. The van der Waals surface area contributed by atoms with Crippen LogP contribution in [0.2, 0.25) is 5.02 Å². The quantitative estimate of drug-likeness (QED) is 0.482. The van der Waals surface area contributed by atoms with Crippen molar-refractivity contribution < 1.29 is 13.6 Å². The second-order valence-electron chi connectivity index (χ2n) is 7.20. The van der Waals surface area contributed by atoms with Crippen molar-refractivity contribution >= 4 is 39.4 Å². The summed E-state index contributed by atoms with van der Waals surface area (Å²) < 4.78 is 11.2. The van der Waals surface area contributed by atoms with Gasteiger partial charge in [-0.15, -0.1) is 0 Å².